The van der Waals surface area contributed by atoms with Gasteiger partial charge in [0.2, 0.25) is 17.7 Å². The summed E-state index contributed by atoms with van der Waals surface area (Å²) in [5.74, 6) is 0.739. The highest BCUT2D eigenvalue weighted by Gasteiger charge is 2.36. The first kappa shape index (κ1) is 23.7. The summed E-state index contributed by atoms with van der Waals surface area (Å²) in [5, 5.41) is 22.7. The van der Waals surface area contributed by atoms with Crippen molar-refractivity contribution in [3.8, 4) is 11.4 Å². The second kappa shape index (κ2) is 11.5. The first-order valence-electron chi connectivity index (χ1n) is 10.4. The molecule has 1 atom stereocenters. The summed E-state index contributed by atoms with van der Waals surface area (Å²) in [6, 6.07) is 7.97. The number of benzene rings is 1. The fourth-order valence-electron chi connectivity index (χ4n) is 3.50. The SMILES string of the molecule is CCCCCCCCc1ccc(-c2noc(C3CCN3C(=N)NC(=O)O)n2)cc1.Cl. The Bertz CT molecular complexity index is 824. The zero-order chi connectivity index (χ0) is 20.6. The van der Waals surface area contributed by atoms with Crippen molar-refractivity contribution >= 4 is 24.5 Å². The lowest BCUT2D eigenvalue weighted by Crippen LogP contribution is -2.51. The lowest BCUT2D eigenvalue weighted by atomic mass is 10.0. The van der Waals surface area contributed by atoms with Crippen LogP contribution in [0.1, 0.15) is 69.4 Å². The molecule has 1 saturated heterocycles. The van der Waals surface area contributed by atoms with Gasteiger partial charge in [0, 0.05) is 12.1 Å². The normalized spacial score (nSPS) is 15.2. The van der Waals surface area contributed by atoms with Crippen LogP contribution < -0.4 is 5.32 Å². The number of likely N-dealkylation sites (tertiary alicyclic amines) is 1. The van der Waals surface area contributed by atoms with Gasteiger partial charge in [-0.15, -0.1) is 12.4 Å². The zero-order valence-corrected chi connectivity index (χ0v) is 18.1. The van der Waals surface area contributed by atoms with Gasteiger partial charge in [0.05, 0.1) is 0 Å². The summed E-state index contributed by atoms with van der Waals surface area (Å²) < 4.78 is 5.38. The molecule has 1 aliphatic heterocycles. The second-order valence-electron chi connectivity index (χ2n) is 7.45. The molecule has 0 bridgehead atoms. The van der Waals surface area contributed by atoms with Crippen molar-refractivity contribution in [2.75, 3.05) is 6.54 Å². The Morgan fingerprint density at radius 3 is 2.57 bits per heavy atom. The summed E-state index contributed by atoms with van der Waals surface area (Å²) in [6.45, 7) is 2.81. The highest BCUT2D eigenvalue weighted by atomic mass is 35.5. The molecule has 2 aromatic rings. The van der Waals surface area contributed by atoms with E-state index < -0.39 is 6.09 Å². The van der Waals surface area contributed by atoms with Crippen molar-refractivity contribution in [1.29, 1.82) is 5.41 Å². The van der Waals surface area contributed by atoms with Gasteiger partial charge in [-0.05, 0) is 24.8 Å². The fourth-order valence-corrected chi connectivity index (χ4v) is 3.50. The largest absolute Gasteiger partial charge is 0.465 e. The van der Waals surface area contributed by atoms with Gasteiger partial charge < -0.3 is 14.5 Å². The summed E-state index contributed by atoms with van der Waals surface area (Å²) in [7, 11) is 0. The molecule has 2 heterocycles. The van der Waals surface area contributed by atoms with Gasteiger partial charge in [-0.3, -0.25) is 10.7 Å². The molecule has 0 spiro atoms. The average Bonchev–Trinajstić information content (AvgIpc) is 3.12. The highest BCUT2D eigenvalue weighted by Crippen LogP contribution is 2.33. The van der Waals surface area contributed by atoms with Crippen LogP contribution in [0.3, 0.4) is 0 Å². The first-order chi connectivity index (χ1) is 14.1. The van der Waals surface area contributed by atoms with E-state index in [9.17, 15) is 4.79 Å². The Morgan fingerprint density at radius 1 is 1.23 bits per heavy atom. The van der Waals surface area contributed by atoms with Crippen molar-refractivity contribution < 1.29 is 14.4 Å². The molecule has 1 fully saturated rings. The van der Waals surface area contributed by atoms with Crippen LogP contribution >= 0.6 is 12.4 Å². The summed E-state index contributed by atoms with van der Waals surface area (Å²) in [4.78, 5) is 16.8. The lowest BCUT2D eigenvalue weighted by Gasteiger charge is -2.39. The van der Waals surface area contributed by atoms with Crippen molar-refractivity contribution in [3.05, 3.63) is 35.7 Å². The summed E-state index contributed by atoms with van der Waals surface area (Å²) in [5.41, 5.74) is 2.20. The number of carbonyl (C=O) groups is 1. The lowest BCUT2D eigenvalue weighted by molar-refractivity contribution is 0.136. The molecule has 1 amide bonds. The molecular weight excluding hydrogens is 406 g/mol. The van der Waals surface area contributed by atoms with Gasteiger partial charge >= 0.3 is 6.09 Å². The van der Waals surface area contributed by atoms with Gasteiger partial charge in [-0.2, -0.15) is 4.98 Å². The van der Waals surface area contributed by atoms with E-state index in [0.29, 0.717) is 18.3 Å². The minimum atomic E-state index is -1.26. The minimum absolute atomic E-state index is 0. The number of nitrogens with one attached hydrogen (secondary N) is 2. The van der Waals surface area contributed by atoms with E-state index in [1.54, 1.807) is 4.90 Å². The van der Waals surface area contributed by atoms with Crippen LogP contribution in [0.15, 0.2) is 28.8 Å². The van der Waals surface area contributed by atoms with Crippen LogP contribution in [-0.4, -0.2) is 38.7 Å². The zero-order valence-electron chi connectivity index (χ0n) is 17.3. The molecule has 0 aliphatic carbocycles. The number of aryl methyl sites for hydroxylation is 1. The second-order valence-corrected chi connectivity index (χ2v) is 7.45. The number of rotatable bonds is 9. The summed E-state index contributed by atoms with van der Waals surface area (Å²) >= 11 is 0. The summed E-state index contributed by atoms with van der Waals surface area (Å²) in [6.07, 6.45) is 8.31. The number of nitrogens with zero attached hydrogens (tertiary/aromatic N) is 3. The quantitative estimate of drug-likeness (QED) is 0.289. The van der Waals surface area contributed by atoms with E-state index in [0.717, 1.165) is 18.4 Å². The monoisotopic (exact) mass is 435 g/mol. The molecule has 0 saturated carbocycles. The molecule has 30 heavy (non-hydrogen) atoms. The van der Waals surface area contributed by atoms with E-state index in [-0.39, 0.29) is 24.4 Å². The van der Waals surface area contributed by atoms with Crippen molar-refractivity contribution in [2.45, 2.75) is 64.3 Å². The third-order valence-electron chi connectivity index (χ3n) is 5.29. The van der Waals surface area contributed by atoms with Gasteiger partial charge in [0.25, 0.3) is 0 Å². The van der Waals surface area contributed by atoms with Crippen molar-refractivity contribution in [3.63, 3.8) is 0 Å². The van der Waals surface area contributed by atoms with Crippen LogP contribution in [0.2, 0.25) is 0 Å². The maximum atomic E-state index is 10.7. The van der Waals surface area contributed by atoms with Crippen molar-refractivity contribution in [2.24, 2.45) is 0 Å². The molecular formula is C21H30ClN5O3. The smallest absolute Gasteiger partial charge is 0.411 e. The Hall–Kier alpha value is -2.61. The van der Waals surface area contributed by atoms with Crippen LogP contribution in [-0.2, 0) is 6.42 Å². The number of hydrogen-bond acceptors (Lipinski definition) is 5. The Kier molecular flexibility index (Phi) is 9.11. The highest BCUT2D eigenvalue weighted by molar-refractivity contribution is 5.91. The topological polar surface area (TPSA) is 115 Å². The molecule has 8 nitrogen and oxygen atoms in total. The maximum Gasteiger partial charge on any atom is 0.411 e. The number of carboxylic acid groups (broad SMARTS) is 1. The minimum Gasteiger partial charge on any atom is -0.465 e. The van der Waals surface area contributed by atoms with Crippen LogP contribution in [0.25, 0.3) is 11.4 Å². The van der Waals surface area contributed by atoms with Crippen LogP contribution in [0, 0.1) is 5.41 Å². The third kappa shape index (κ3) is 6.19. The van der Waals surface area contributed by atoms with E-state index >= 15 is 0 Å². The van der Waals surface area contributed by atoms with E-state index in [1.807, 2.05) is 12.1 Å². The molecule has 1 aromatic carbocycles. The molecule has 1 aromatic heterocycles. The Labute approximate surface area is 183 Å². The predicted molar refractivity (Wildman–Crippen MR) is 117 cm³/mol. The van der Waals surface area contributed by atoms with Gasteiger partial charge in [-0.1, -0.05) is 68.4 Å². The van der Waals surface area contributed by atoms with Gasteiger partial charge in [-0.25, -0.2) is 4.79 Å². The third-order valence-corrected chi connectivity index (χ3v) is 5.29. The Balaban J connectivity index is 0.00000320. The maximum absolute atomic E-state index is 10.7. The van der Waals surface area contributed by atoms with Crippen LogP contribution in [0.4, 0.5) is 4.79 Å². The Morgan fingerprint density at radius 2 is 1.93 bits per heavy atom. The van der Waals surface area contributed by atoms with Gasteiger partial charge in [0.15, 0.2) is 0 Å². The molecule has 164 valence electrons. The van der Waals surface area contributed by atoms with Crippen LogP contribution in [0.5, 0.6) is 0 Å². The van der Waals surface area contributed by atoms with E-state index in [1.165, 1.54) is 44.1 Å². The standard InChI is InChI=1S/C21H29N5O3.ClH/c1-2-3-4-5-6-7-8-15-9-11-16(12-10-15)18-23-19(29-25-18)17-13-14-26(17)20(22)24-21(27)28;/h9-12,17H,2-8,13-14H2,1H3,(H2,22,24)(H,27,28);1H. The fraction of sp³-hybridized carbons (Fsp3) is 0.524. The van der Waals surface area contributed by atoms with E-state index in [2.05, 4.69) is 34.5 Å². The number of aromatic nitrogens is 2. The van der Waals surface area contributed by atoms with E-state index in [4.69, 9.17) is 15.0 Å². The predicted octanol–water partition coefficient (Wildman–Crippen LogP) is 5.01. The molecule has 9 heteroatoms. The number of hydrogen-bond donors (Lipinski definition) is 3. The average molecular weight is 436 g/mol. The first-order valence-corrected chi connectivity index (χ1v) is 10.4. The number of halogens is 1. The molecule has 1 aliphatic rings. The molecule has 0 radical (unpaired) electrons. The molecule has 1 unspecified atom stereocenters. The molecule has 3 rings (SSSR count). The number of unbranched alkanes of at least 4 members (excludes halogenated alkanes) is 5. The van der Waals surface area contributed by atoms with Gasteiger partial charge in [0.1, 0.15) is 6.04 Å². The van der Waals surface area contributed by atoms with Crippen molar-refractivity contribution in [1.82, 2.24) is 20.4 Å². The number of amides is 1. The number of guanidine groups is 1. The molecule has 3 N–H and O–H groups in total.